The van der Waals surface area contributed by atoms with E-state index in [1.54, 1.807) is 7.11 Å². The Labute approximate surface area is 147 Å². The van der Waals surface area contributed by atoms with Gasteiger partial charge in [0, 0.05) is 0 Å². The van der Waals surface area contributed by atoms with Crippen molar-refractivity contribution in [2.75, 3.05) is 13.7 Å². The van der Waals surface area contributed by atoms with Crippen molar-refractivity contribution in [1.29, 1.82) is 0 Å². The normalized spacial score (nSPS) is 12.0. The monoisotopic (exact) mass is 328 g/mol. The van der Waals surface area contributed by atoms with Crippen molar-refractivity contribution in [3.8, 4) is 11.5 Å². The fraction of sp³-hybridized carbons (Fsp3) is 0.455. The Morgan fingerprint density at radius 1 is 0.833 bits per heavy atom. The number of para-hydroxylation sites is 2. The van der Waals surface area contributed by atoms with Gasteiger partial charge >= 0.3 is 0 Å². The number of methoxy groups -OCH3 is 1. The van der Waals surface area contributed by atoms with Crippen molar-refractivity contribution in [3.63, 3.8) is 0 Å². The molecule has 2 heteroatoms. The van der Waals surface area contributed by atoms with Gasteiger partial charge in [0.05, 0.1) is 7.11 Å². The minimum absolute atomic E-state index is 0.579. The standard InChI is InChI=1S/C22H32O2/c1-18(2)10-8-11-19(3)12-9-13-20(4)16-17-24-22-15-7-6-14-21(22)23-5/h6-7,10,12,14-16H,8-9,11,13,17H2,1-5H3/b19-12+,20-16+. The highest BCUT2D eigenvalue weighted by Crippen LogP contribution is 2.25. The summed E-state index contributed by atoms with van der Waals surface area (Å²) in [6, 6.07) is 7.74. The molecule has 132 valence electrons. The highest BCUT2D eigenvalue weighted by molar-refractivity contribution is 5.39. The molecule has 0 N–H and O–H groups in total. The third-order valence-corrected chi connectivity index (χ3v) is 3.86. The van der Waals surface area contributed by atoms with Gasteiger partial charge in [-0.2, -0.15) is 0 Å². The second-order valence-electron chi connectivity index (χ2n) is 6.42. The Kier molecular flexibility index (Phi) is 9.67. The SMILES string of the molecule is COc1ccccc1OC/C=C(\C)CC/C=C(\C)CCC=C(C)C. The van der Waals surface area contributed by atoms with E-state index in [4.69, 9.17) is 9.47 Å². The molecular weight excluding hydrogens is 296 g/mol. The van der Waals surface area contributed by atoms with E-state index in [1.807, 2.05) is 24.3 Å². The van der Waals surface area contributed by atoms with Crippen molar-refractivity contribution >= 4 is 0 Å². The summed E-state index contributed by atoms with van der Waals surface area (Å²) in [4.78, 5) is 0. The molecule has 1 aromatic carbocycles. The van der Waals surface area contributed by atoms with Crippen LogP contribution in [0.2, 0.25) is 0 Å². The Morgan fingerprint density at radius 3 is 2.04 bits per heavy atom. The molecule has 0 aliphatic carbocycles. The second kappa shape index (κ2) is 11.6. The summed E-state index contributed by atoms with van der Waals surface area (Å²) >= 11 is 0. The summed E-state index contributed by atoms with van der Waals surface area (Å²) in [6.07, 6.45) is 11.3. The van der Waals surface area contributed by atoms with E-state index in [-0.39, 0.29) is 0 Å². The van der Waals surface area contributed by atoms with Crippen LogP contribution in [0.1, 0.15) is 53.4 Å². The first-order chi connectivity index (χ1) is 11.5. The van der Waals surface area contributed by atoms with Crippen molar-refractivity contribution in [2.45, 2.75) is 53.4 Å². The molecule has 0 heterocycles. The van der Waals surface area contributed by atoms with Gasteiger partial charge in [-0.05, 0) is 71.6 Å². The lowest BCUT2D eigenvalue weighted by atomic mass is 10.1. The smallest absolute Gasteiger partial charge is 0.161 e. The number of benzene rings is 1. The van der Waals surface area contributed by atoms with Gasteiger partial charge in [-0.15, -0.1) is 0 Å². The molecule has 0 aliphatic heterocycles. The lowest BCUT2D eigenvalue weighted by Gasteiger charge is -2.09. The fourth-order valence-electron chi connectivity index (χ4n) is 2.35. The van der Waals surface area contributed by atoms with Gasteiger partial charge in [-0.1, -0.05) is 41.0 Å². The Bertz CT molecular complexity index is 575. The molecule has 0 fully saturated rings. The van der Waals surface area contributed by atoms with Crippen LogP contribution < -0.4 is 9.47 Å². The topological polar surface area (TPSA) is 18.5 Å². The molecular formula is C22H32O2. The maximum atomic E-state index is 5.78. The van der Waals surface area contributed by atoms with E-state index in [9.17, 15) is 0 Å². The number of allylic oxidation sites excluding steroid dienone is 5. The van der Waals surface area contributed by atoms with Crippen LogP contribution in [0.25, 0.3) is 0 Å². The molecule has 0 aromatic heterocycles. The molecule has 0 amide bonds. The highest BCUT2D eigenvalue weighted by atomic mass is 16.5. The Morgan fingerprint density at radius 2 is 1.42 bits per heavy atom. The molecule has 0 bridgehead atoms. The quantitative estimate of drug-likeness (QED) is 0.457. The van der Waals surface area contributed by atoms with E-state index >= 15 is 0 Å². The van der Waals surface area contributed by atoms with Gasteiger partial charge in [0.1, 0.15) is 6.61 Å². The van der Waals surface area contributed by atoms with Crippen LogP contribution in [0.15, 0.2) is 59.2 Å². The average molecular weight is 328 g/mol. The molecule has 2 nitrogen and oxygen atoms in total. The van der Waals surface area contributed by atoms with Crippen molar-refractivity contribution < 1.29 is 9.47 Å². The van der Waals surface area contributed by atoms with Crippen LogP contribution in [-0.2, 0) is 0 Å². The van der Waals surface area contributed by atoms with E-state index in [0.29, 0.717) is 6.61 Å². The van der Waals surface area contributed by atoms with Crippen LogP contribution >= 0.6 is 0 Å². The summed E-state index contributed by atoms with van der Waals surface area (Å²) in [5.74, 6) is 1.57. The zero-order valence-corrected chi connectivity index (χ0v) is 15.9. The zero-order chi connectivity index (χ0) is 17.8. The van der Waals surface area contributed by atoms with Crippen molar-refractivity contribution in [3.05, 3.63) is 59.2 Å². The molecule has 24 heavy (non-hydrogen) atoms. The number of hydrogen-bond donors (Lipinski definition) is 0. The van der Waals surface area contributed by atoms with Crippen molar-refractivity contribution in [1.82, 2.24) is 0 Å². The minimum atomic E-state index is 0.579. The molecule has 0 aliphatic rings. The first kappa shape index (κ1) is 20.1. The summed E-state index contributed by atoms with van der Waals surface area (Å²) in [7, 11) is 1.66. The third-order valence-electron chi connectivity index (χ3n) is 3.86. The summed E-state index contributed by atoms with van der Waals surface area (Å²) < 4.78 is 11.1. The number of hydrogen-bond acceptors (Lipinski definition) is 2. The van der Waals surface area contributed by atoms with E-state index < -0.39 is 0 Å². The minimum Gasteiger partial charge on any atom is -0.493 e. The predicted molar refractivity (Wildman–Crippen MR) is 104 cm³/mol. The van der Waals surface area contributed by atoms with E-state index in [0.717, 1.165) is 37.2 Å². The van der Waals surface area contributed by atoms with Crippen LogP contribution in [0.3, 0.4) is 0 Å². The molecule has 0 saturated carbocycles. The molecule has 0 radical (unpaired) electrons. The van der Waals surface area contributed by atoms with Gasteiger partial charge in [0.25, 0.3) is 0 Å². The largest absolute Gasteiger partial charge is 0.493 e. The Balaban J connectivity index is 2.33. The van der Waals surface area contributed by atoms with Gasteiger partial charge in [0.2, 0.25) is 0 Å². The van der Waals surface area contributed by atoms with Crippen molar-refractivity contribution in [2.24, 2.45) is 0 Å². The fourth-order valence-corrected chi connectivity index (χ4v) is 2.35. The van der Waals surface area contributed by atoms with Gasteiger partial charge < -0.3 is 9.47 Å². The molecule has 0 saturated heterocycles. The predicted octanol–water partition coefficient (Wildman–Crippen LogP) is 6.49. The number of rotatable bonds is 10. The van der Waals surface area contributed by atoms with E-state index in [1.165, 1.54) is 16.7 Å². The van der Waals surface area contributed by atoms with Gasteiger partial charge in [-0.3, -0.25) is 0 Å². The maximum absolute atomic E-state index is 5.78. The Hall–Kier alpha value is -1.96. The molecule has 1 aromatic rings. The highest BCUT2D eigenvalue weighted by Gasteiger charge is 2.00. The van der Waals surface area contributed by atoms with Crippen LogP contribution in [0, 0.1) is 0 Å². The van der Waals surface area contributed by atoms with Gasteiger partial charge in [0.15, 0.2) is 11.5 Å². The second-order valence-corrected chi connectivity index (χ2v) is 6.42. The molecule has 0 unspecified atom stereocenters. The average Bonchev–Trinajstić information content (AvgIpc) is 2.55. The molecule has 0 atom stereocenters. The summed E-state index contributed by atoms with van der Waals surface area (Å²) in [5.41, 5.74) is 4.24. The lowest BCUT2D eigenvalue weighted by Crippen LogP contribution is -1.97. The zero-order valence-electron chi connectivity index (χ0n) is 15.9. The summed E-state index contributed by atoms with van der Waals surface area (Å²) in [5, 5.41) is 0. The maximum Gasteiger partial charge on any atom is 0.161 e. The lowest BCUT2D eigenvalue weighted by molar-refractivity contribution is 0.325. The molecule has 0 spiro atoms. The molecule has 1 rings (SSSR count). The van der Waals surface area contributed by atoms with Gasteiger partial charge in [-0.25, -0.2) is 0 Å². The van der Waals surface area contributed by atoms with Crippen LogP contribution in [-0.4, -0.2) is 13.7 Å². The van der Waals surface area contributed by atoms with E-state index in [2.05, 4.69) is 45.9 Å². The van der Waals surface area contributed by atoms with Crippen LogP contribution in [0.4, 0.5) is 0 Å². The number of ether oxygens (including phenoxy) is 2. The first-order valence-corrected chi connectivity index (χ1v) is 8.73. The first-order valence-electron chi connectivity index (χ1n) is 8.73. The third kappa shape index (κ3) is 8.61. The van der Waals surface area contributed by atoms with Crippen LogP contribution in [0.5, 0.6) is 11.5 Å². The summed E-state index contributed by atoms with van der Waals surface area (Å²) in [6.45, 7) is 9.27.